The van der Waals surface area contributed by atoms with E-state index < -0.39 is 41.1 Å². The molecule has 0 unspecified atom stereocenters. The van der Waals surface area contributed by atoms with E-state index in [-0.39, 0.29) is 21.4 Å². The van der Waals surface area contributed by atoms with Crippen LogP contribution < -0.4 is 5.32 Å². The maximum absolute atomic E-state index is 14.2. The lowest BCUT2D eigenvalue weighted by molar-refractivity contribution is -0.142. The number of rotatable bonds is 5. The van der Waals surface area contributed by atoms with Crippen LogP contribution in [0.5, 0.6) is 0 Å². The van der Waals surface area contributed by atoms with Crippen molar-refractivity contribution >= 4 is 29.3 Å². The van der Waals surface area contributed by atoms with Crippen molar-refractivity contribution in [1.29, 1.82) is 0 Å². The molecule has 0 saturated heterocycles. The Kier molecular flexibility index (Phi) is 6.46. The summed E-state index contributed by atoms with van der Waals surface area (Å²) >= 11 is 1.17. The van der Waals surface area contributed by atoms with Gasteiger partial charge >= 0.3 is 5.97 Å². The molecule has 2 atom stereocenters. The number of aliphatic carboxylic acids is 1. The quantitative estimate of drug-likeness (QED) is 0.507. The zero-order valence-corrected chi connectivity index (χ0v) is 15.9. The van der Waals surface area contributed by atoms with Crippen LogP contribution in [0.25, 0.3) is 0 Å². The summed E-state index contributed by atoms with van der Waals surface area (Å²) in [6.07, 6.45) is 2.45. The fraction of sp³-hybridized carbons (Fsp3) is 0.300. The van der Waals surface area contributed by atoms with E-state index in [1.165, 1.54) is 23.9 Å². The van der Waals surface area contributed by atoms with E-state index in [1.54, 1.807) is 0 Å². The number of carbonyl (C=O) groups is 2. The van der Waals surface area contributed by atoms with Gasteiger partial charge in [0.05, 0.1) is 5.92 Å². The van der Waals surface area contributed by atoms with Gasteiger partial charge in [-0.25, -0.2) is 17.6 Å². The van der Waals surface area contributed by atoms with Crippen LogP contribution in [0, 0.1) is 29.2 Å². The van der Waals surface area contributed by atoms with Crippen LogP contribution in [0.3, 0.4) is 0 Å². The van der Waals surface area contributed by atoms with Gasteiger partial charge in [0.15, 0.2) is 17.5 Å². The predicted molar refractivity (Wildman–Crippen MR) is 99.9 cm³/mol. The molecule has 0 aliphatic heterocycles. The van der Waals surface area contributed by atoms with Crippen LogP contribution in [-0.4, -0.2) is 22.2 Å². The third kappa shape index (κ3) is 5.09. The summed E-state index contributed by atoms with van der Waals surface area (Å²) in [5, 5.41) is 11.3. The van der Waals surface area contributed by atoms with E-state index >= 15 is 0 Å². The minimum absolute atomic E-state index is 0.0460. The molecule has 29 heavy (non-hydrogen) atoms. The van der Waals surface area contributed by atoms with Gasteiger partial charge in [-0.05, 0) is 37.5 Å². The summed E-state index contributed by atoms with van der Waals surface area (Å²) in [6.45, 7) is 0. The number of carboxylic acid groups (broad SMARTS) is 1. The van der Waals surface area contributed by atoms with Crippen molar-refractivity contribution < 1.29 is 32.3 Å². The van der Waals surface area contributed by atoms with E-state index in [1.807, 2.05) is 0 Å². The van der Waals surface area contributed by atoms with E-state index in [2.05, 4.69) is 5.32 Å². The second-order valence-electron chi connectivity index (χ2n) is 6.79. The lowest BCUT2D eigenvalue weighted by Crippen LogP contribution is -2.24. The zero-order valence-electron chi connectivity index (χ0n) is 15.1. The Morgan fingerprint density at radius 1 is 1.00 bits per heavy atom. The molecule has 4 nitrogen and oxygen atoms in total. The monoisotopic (exact) mass is 427 g/mol. The minimum Gasteiger partial charge on any atom is -0.481 e. The molecular formula is C20H17F4NO3S. The maximum atomic E-state index is 14.2. The molecule has 2 aromatic carbocycles. The molecule has 0 heterocycles. The Morgan fingerprint density at radius 3 is 2.34 bits per heavy atom. The average Bonchev–Trinajstić information content (AvgIpc) is 2.68. The fourth-order valence-corrected chi connectivity index (χ4v) is 4.57. The predicted octanol–water partition coefficient (Wildman–Crippen LogP) is 5.23. The van der Waals surface area contributed by atoms with Crippen molar-refractivity contribution in [3.63, 3.8) is 0 Å². The third-order valence-electron chi connectivity index (χ3n) is 4.70. The standard InChI is InChI=1S/C20H17F4NO3S/c21-14-5-4-10(19(26)25-12-8-15(22)18(24)16(23)9-12)7-17(14)29-13-3-1-2-11(6-13)20(27)28/h4-5,7-9,11,13H,1-3,6H2,(H,25,26)(H,27,28)/t11-,13-/m0/s1. The first kappa shape index (κ1) is 21.2. The molecule has 1 aliphatic rings. The topological polar surface area (TPSA) is 66.4 Å². The van der Waals surface area contributed by atoms with Crippen LogP contribution in [-0.2, 0) is 4.79 Å². The summed E-state index contributed by atoms with van der Waals surface area (Å²) < 4.78 is 53.8. The van der Waals surface area contributed by atoms with Crippen molar-refractivity contribution in [2.24, 2.45) is 5.92 Å². The minimum atomic E-state index is -1.64. The summed E-state index contributed by atoms with van der Waals surface area (Å²) in [6, 6.07) is 4.90. The number of thioether (sulfide) groups is 1. The lowest BCUT2D eigenvalue weighted by atomic mass is 9.89. The highest BCUT2D eigenvalue weighted by Gasteiger charge is 2.28. The van der Waals surface area contributed by atoms with Crippen molar-refractivity contribution in [3.05, 3.63) is 59.2 Å². The Labute approximate surface area is 168 Å². The Balaban J connectivity index is 1.74. The number of carboxylic acids is 1. The molecule has 1 fully saturated rings. The van der Waals surface area contributed by atoms with Crippen molar-refractivity contribution in [1.82, 2.24) is 0 Å². The third-order valence-corrected chi connectivity index (χ3v) is 6.03. The smallest absolute Gasteiger partial charge is 0.306 e. The second kappa shape index (κ2) is 8.86. The zero-order chi connectivity index (χ0) is 21.1. The van der Waals surface area contributed by atoms with Gasteiger partial charge in [-0.3, -0.25) is 9.59 Å². The van der Waals surface area contributed by atoms with Gasteiger partial charge in [-0.1, -0.05) is 6.42 Å². The maximum Gasteiger partial charge on any atom is 0.306 e. The molecule has 1 saturated carbocycles. The molecule has 2 N–H and O–H groups in total. The van der Waals surface area contributed by atoms with Gasteiger partial charge in [-0.15, -0.1) is 11.8 Å². The lowest BCUT2D eigenvalue weighted by Gasteiger charge is -2.26. The van der Waals surface area contributed by atoms with Crippen LogP contribution in [0.4, 0.5) is 23.2 Å². The molecular weight excluding hydrogens is 410 g/mol. The molecule has 9 heteroatoms. The number of nitrogens with one attached hydrogen (secondary N) is 1. The molecule has 0 bridgehead atoms. The van der Waals surface area contributed by atoms with Gasteiger partial charge in [0.2, 0.25) is 0 Å². The molecule has 0 radical (unpaired) electrons. The summed E-state index contributed by atoms with van der Waals surface area (Å²) in [4.78, 5) is 23.7. The molecule has 2 aromatic rings. The molecule has 154 valence electrons. The molecule has 1 aliphatic carbocycles. The molecule has 0 aromatic heterocycles. The number of carbonyl (C=O) groups excluding carboxylic acids is 1. The van der Waals surface area contributed by atoms with Crippen LogP contribution in [0.15, 0.2) is 35.2 Å². The van der Waals surface area contributed by atoms with Crippen LogP contribution in [0.2, 0.25) is 0 Å². The number of hydrogen-bond donors (Lipinski definition) is 2. The highest BCUT2D eigenvalue weighted by atomic mass is 32.2. The Morgan fingerprint density at radius 2 is 1.69 bits per heavy atom. The molecule has 3 rings (SSSR count). The fourth-order valence-electron chi connectivity index (χ4n) is 3.22. The highest BCUT2D eigenvalue weighted by Crippen LogP contribution is 2.37. The van der Waals surface area contributed by atoms with Gasteiger partial charge in [0, 0.05) is 33.5 Å². The first-order valence-corrected chi connectivity index (χ1v) is 9.77. The Bertz CT molecular complexity index is 930. The summed E-state index contributed by atoms with van der Waals surface area (Å²) in [5.41, 5.74) is -0.230. The largest absolute Gasteiger partial charge is 0.481 e. The van der Waals surface area contributed by atoms with Crippen LogP contribution in [0.1, 0.15) is 36.0 Å². The van der Waals surface area contributed by atoms with Gasteiger partial charge in [0.25, 0.3) is 5.91 Å². The van der Waals surface area contributed by atoms with Gasteiger partial charge in [0.1, 0.15) is 5.82 Å². The van der Waals surface area contributed by atoms with Crippen LogP contribution >= 0.6 is 11.8 Å². The number of halogens is 4. The highest BCUT2D eigenvalue weighted by molar-refractivity contribution is 8.00. The number of amides is 1. The SMILES string of the molecule is O=C(Nc1cc(F)c(F)c(F)c1)c1ccc(F)c(S[C@H]2CCC[C@H](C(=O)O)C2)c1. The number of hydrogen-bond acceptors (Lipinski definition) is 3. The first-order valence-electron chi connectivity index (χ1n) is 8.89. The van der Waals surface area contributed by atoms with E-state index in [0.29, 0.717) is 25.0 Å². The summed E-state index contributed by atoms with van der Waals surface area (Å²) in [7, 11) is 0. The van der Waals surface area contributed by atoms with Gasteiger partial charge in [-0.2, -0.15) is 0 Å². The van der Waals surface area contributed by atoms with Crippen molar-refractivity contribution in [2.45, 2.75) is 35.8 Å². The molecule has 1 amide bonds. The van der Waals surface area contributed by atoms with E-state index in [4.69, 9.17) is 0 Å². The average molecular weight is 427 g/mol. The number of benzene rings is 2. The van der Waals surface area contributed by atoms with Gasteiger partial charge < -0.3 is 10.4 Å². The second-order valence-corrected chi connectivity index (χ2v) is 8.14. The van der Waals surface area contributed by atoms with E-state index in [9.17, 15) is 32.3 Å². The van der Waals surface area contributed by atoms with Crippen molar-refractivity contribution in [3.8, 4) is 0 Å². The normalized spacial score (nSPS) is 19.0. The van der Waals surface area contributed by atoms with Crippen molar-refractivity contribution in [2.75, 3.05) is 5.32 Å². The molecule has 0 spiro atoms. The van der Waals surface area contributed by atoms with E-state index in [0.717, 1.165) is 18.9 Å². The summed E-state index contributed by atoms with van der Waals surface area (Å²) in [5.74, 6) is -7.17. The number of anilines is 1. The Hall–Kier alpha value is -2.55. The first-order chi connectivity index (χ1) is 13.7.